The van der Waals surface area contributed by atoms with Gasteiger partial charge in [-0.15, -0.1) is 0 Å². The first-order valence-electron chi connectivity index (χ1n) is 3.56. The maximum absolute atomic E-state index is 13.0. The van der Waals surface area contributed by atoms with Crippen LogP contribution in [0.1, 0.15) is 10.4 Å². The second-order valence-corrected chi connectivity index (χ2v) is 2.47. The van der Waals surface area contributed by atoms with Crippen molar-refractivity contribution in [2.75, 3.05) is 18.1 Å². The number of hydrogen-bond donors (Lipinski definition) is 3. The van der Waals surface area contributed by atoms with Gasteiger partial charge in [-0.1, -0.05) is 0 Å². The van der Waals surface area contributed by atoms with Crippen molar-refractivity contribution >= 4 is 17.3 Å². The summed E-state index contributed by atoms with van der Waals surface area (Å²) in [5, 5.41) is 11.2. The van der Waals surface area contributed by atoms with E-state index in [0.717, 1.165) is 12.1 Å². The van der Waals surface area contributed by atoms with Crippen molar-refractivity contribution in [2.24, 2.45) is 0 Å². The average molecular weight is 184 g/mol. The van der Waals surface area contributed by atoms with Gasteiger partial charge in [0, 0.05) is 7.05 Å². The van der Waals surface area contributed by atoms with Gasteiger partial charge in [-0.3, -0.25) is 0 Å². The van der Waals surface area contributed by atoms with E-state index in [9.17, 15) is 9.18 Å². The lowest BCUT2D eigenvalue weighted by Crippen LogP contribution is -2.04. The molecule has 1 rings (SSSR count). The van der Waals surface area contributed by atoms with Crippen LogP contribution >= 0.6 is 0 Å². The molecule has 0 amide bonds. The third-order valence-electron chi connectivity index (χ3n) is 1.64. The highest BCUT2D eigenvalue weighted by atomic mass is 19.1. The first kappa shape index (κ1) is 9.31. The number of nitrogens with one attached hydrogen (secondary N) is 1. The van der Waals surface area contributed by atoms with Crippen molar-refractivity contribution in [3.05, 3.63) is 23.5 Å². The highest BCUT2D eigenvalue weighted by Crippen LogP contribution is 2.22. The van der Waals surface area contributed by atoms with Crippen LogP contribution in [0.5, 0.6) is 0 Å². The molecule has 0 spiro atoms. The molecule has 0 aromatic heterocycles. The number of nitrogen functional groups attached to an aromatic ring is 1. The second-order valence-electron chi connectivity index (χ2n) is 2.47. The Labute approximate surface area is 74.2 Å². The normalized spacial score (nSPS) is 9.69. The molecule has 0 heterocycles. The highest BCUT2D eigenvalue weighted by Gasteiger charge is 2.12. The number of anilines is 2. The van der Waals surface area contributed by atoms with Crippen LogP contribution in [0.2, 0.25) is 0 Å². The van der Waals surface area contributed by atoms with E-state index in [1.54, 1.807) is 7.05 Å². The molecule has 0 radical (unpaired) electrons. The van der Waals surface area contributed by atoms with Crippen LogP contribution < -0.4 is 11.1 Å². The summed E-state index contributed by atoms with van der Waals surface area (Å²) in [6.45, 7) is 0. The molecular weight excluding hydrogens is 175 g/mol. The summed E-state index contributed by atoms with van der Waals surface area (Å²) < 4.78 is 13.0. The van der Waals surface area contributed by atoms with Crippen molar-refractivity contribution in [3.63, 3.8) is 0 Å². The Morgan fingerprint density at radius 2 is 2.23 bits per heavy atom. The monoisotopic (exact) mass is 184 g/mol. The second kappa shape index (κ2) is 3.30. The van der Waals surface area contributed by atoms with Crippen LogP contribution in [0.4, 0.5) is 15.8 Å². The van der Waals surface area contributed by atoms with Gasteiger partial charge in [0.2, 0.25) is 0 Å². The summed E-state index contributed by atoms with van der Waals surface area (Å²) in [4.78, 5) is 10.5. The van der Waals surface area contributed by atoms with Gasteiger partial charge < -0.3 is 16.2 Å². The van der Waals surface area contributed by atoms with Crippen LogP contribution in [0.3, 0.4) is 0 Å². The number of rotatable bonds is 2. The number of halogens is 1. The fraction of sp³-hybridized carbons (Fsp3) is 0.125. The van der Waals surface area contributed by atoms with E-state index in [-0.39, 0.29) is 5.69 Å². The van der Waals surface area contributed by atoms with E-state index in [2.05, 4.69) is 5.32 Å². The molecule has 0 aliphatic heterocycles. The van der Waals surface area contributed by atoms with Crippen LogP contribution in [0.15, 0.2) is 12.1 Å². The molecule has 0 unspecified atom stereocenters. The third kappa shape index (κ3) is 1.69. The number of carboxylic acids is 1. The van der Waals surface area contributed by atoms with Gasteiger partial charge in [0.15, 0.2) is 0 Å². The summed E-state index contributed by atoms with van der Waals surface area (Å²) in [6, 6.07) is 2.14. The largest absolute Gasteiger partial charge is 0.478 e. The van der Waals surface area contributed by atoms with Crippen LogP contribution in [-0.2, 0) is 0 Å². The zero-order valence-electron chi connectivity index (χ0n) is 6.97. The number of hydrogen-bond acceptors (Lipinski definition) is 3. The van der Waals surface area contributed by atoms with Crippen LogP contribution in [-0.4, -0.2) is 18.1 Å². The zero-order valence-corrected chi connectivity index (χ0v) is 6.97. The smallest absolute Gasteiger partial charge is 0.338 e. The number of carbonyl (C=O) groups is 1. The number of benzene rings is 1. The molecule has 5 heteroatoms. The Morgan fingerprint density at radius 3 is 2.69 bits per heavy atom. The molecule has 4 nitrogen and oxygen atoms in total. The molecule has 0 saturated heterocycles. The predicted molar refractivity (Wildman–Crippen MR) is 47.3 cm³/mol. The quantitative estimate of drug-likeness (QED) is 0.602. The van der Waals surface area contributed by atoms with Gasteiger partial charge in [-0.05, 0) is 12.1 Å². The Bertz CT molecular complexity index is 352. The first-order chi connectivity index (χ1) is 6.06. The molecule has 70 valence electrons. The summed E-state index contributed by atoms with van der Waals surface area (Å²) in [5.74, 6) is -2.13. The van der Waals surface area contributed by atoms with E-state index in [1.165, 1.54) is 0 Å². The van der Waals surface area contributed by atoms with Gasteiger partial charge in [-0.25, -0.2) is 9.18 Å². The molecule has 0 bridgehead atoms. The lowest BCUT2D eigenvalue weighted by Gasteiger charge is -2.06. The van der Waals surface area contributed by atoms with Crippen LogP contribution in [0, 0.1) is 5.82 Å². The van der Waals surface area contributed by atoms with Crippen molar-refractivity contribution in [1.29, 1.82) is 0 Å². The highest BCUT2D eigenvalue weighted by molar-refractivity contribution is 5.90. The molecule has 4 N–H and O–H groups in total. The van der Waals surface area contributed by atoms with E-state index >= 15 is 0 Å². The fourth-order valence-electron chi connectivity index (χ4n) is 0.970. The van der Waals surface area contributed by atoms with E-state index in [1.807, 2.05) is 0 Å². The molecule has 13 heavy (non-hydrogen) atoms. The van der Waals surface area contributed by atoms with E-state index in [0.29, 0.717) is 5.69 Å². The lowest BCUT2D eigenvalue weighted by atomic mass is 10.1. The SMILES string of the molecule is CNc1cc(F)c(C(=O)O)cc1N. The molecule has 0 fully saturated rings. The van der Waals surface area contributed by atoms with E-state index in [4.69, 9.17) is 10.8 Å². The Morgan fingerprint density at radius 1 is 1.62 bits per heavy atom. The third-order valence-corrected chi connectivity index (χ3v) is 1.64. The van der Waals surface area contributed by atoms with E-state index < -0.39 is 17.3 Å². The molecule has 0 aliphatic rings. The summed E-state index contributed by atoms with van der Waals surface area (Å²) in [6.07, 6.45) is 0. The van der Waals surface area contributed by atoms with Gasteiger partial charge in [0.25, 0.3) is 0 Å². The van der Waals surface area contributed by atoms with Gasteiger partial charge >= 0.3 is 5.97 Å². The minimum Gasteiger partial charge on any atom is -0.478 e. The number of carboxylic acid groups (broad SMARTS) is 1. The molecule has 1 aromatic rings. The fourth-order valence-corrected chi connectivity index (χ4v) is 0.970. The molecule has 1 aromatic carbocycles. The molecule has 0 aliphatic carbocycles. The standard InChI is InChI=1S/C8H9FN2O2/c1-11-7-3-5(9)4(8(12)13)2-6(7)10/h2-3,11H,10H2,1H3,(H,12,13). The van der Waals surface area contributed by atoms with Crippen molar-refractivity contribution < 1.29 is 14.3 Å². The van der Waals surface area contributed by atoms with Crippen LogP contribution in [0.25, 0.3) is 0 Å². The van der Waals surface area contributed by atoms with Gasteiger partial charge in [0.1, 0.15) is 5.82 Å². The maximum atomic E-state index is 13.0. The van der Waals surface area contributed by atoms with Gasteiger partial charge in [0.05, 0.1) is 16.9 Å². The summed E-state index contributed by atoms with van der Waals surface area (Å²) in [7, 11) is 1.57. The Kier molecular flexibility index (Phi) is 2.36. The molecule has 0 saturated carbocycles. The minimum atomic E-state index is -1.33. The molecular formula is C8H9FN2O2. The predicted octanol–water partition coefficient (Wildman–Crippen LogP) is 1.15. The maximum Gasteiger partial charge on any atom is 0.338 e. The first-order valence-corrected chi connectivity index (χ1v) is 3.56. The Hall–Kier alpha value is -1.78. The lowest BCUT2D eigenvalue weighted by molar-refractivity contribution is 0.0692. The number of nitrogens with two attached hydrogens (primary N) is 1. The summed E-state index contributed by atoms with van der Waals surface area (Å²) in [5.41, 5.74) is 5.61. The zero-order chi connectivity index (χ0) is 10.0. The topological polar surface area (TPSA) is 75.3 Å². The summed E-state index contributed by atoms with van der Waals surface area (Å²) >= 11 is 0. The number of aromatic carboxylic acids is 1. The van der Waals surface area contributed by atoms with Crippen molar-refractivity contribution in [2.45, 2.75) is 0 Å². The van der Waals surface area contributed by atoms with Crippen molar-refractivity contribution in [1.82, 2.24) is 0 Å². The Balaban J connectivity index is 3.28. The molecule has 0 atom stereocenters. The minimum absolute atomic E-state index is 0.210. The van der Waals surface area contributed by atoms with Gasteiger partial charge in [-0.2, -0.15) is 0 Å². The average Bonchev–Trinajstić information content (AvgIpc) is 2.07. The van der Waals surface area contributed by atoms with Crippen molar-refractivity contribution in [3.8, 4) is 0 Å².